The summed E-state index contributed by atoms with van der Waals surface area (Å²) in [6.45, 7) is 2.02. The van der Waals surface area contributed by atoms with Gasteiger partial charge in [-0.15, -0.1) is 0 Å². The van der Waals surface area contributed by atoms with Crippen LogP contribution >= 0.6 is 11.6 Å². The molecule has 0 aromatic heterocycles. The molecule has 0 aliphatic rings. The van der Waals surface area contributed by atoms with Crippen LogP contribution in [0.2, 0.25) is 5.02 Å². The Morgan fingerprint density at radius 1 is 1.26 bits per heavy atom. The predicted octanol–water partition coefficient (Wildman–Crippen LogP) is 3.93. The number of rotatable bonds is 4. The van der Waals surface area contributed by atoms with Crippen LogP contribution in [0, 0.1) is 6.92 Å². The molecule has 2 aromatic carbocycles. The summed E-state index contributed by atoms with van der Waals surface area (Å²) in [4.78, 5) is 11.2. The largest absolute Gasteiger partial charge is 0.487 e. The molecule has 0 spiro atoms. The van der Waals surface area contributed by atoms with Gasteiger partial charge >= 0.3 is 5.97 Å². The van der Waals surface area contributed by atoms with Gasteiger partial charge in [0.25, 0.3) is 0 Å². The Labute approximate surface area is 116 Å². The molecular formula is C15H13ClO3. The van der Waals surface area contributed by atoms with Crippen molar-refractivity contribution in [2.75, 3.05) is 0 Å². The van der Waals surface area contributed by atoms with Crippen molar-refractivity contribution in [3.63, 3.8) is 0 Å². The number of carboxylic acid groups (broad SMARTS) is 1. The lowest BCUT2D eigenvalue weighted by Crippen LogP contribution is -2.06. The number of hydrogen-bond donors (Lipinski definition) is 1. The van der Waals surface area contributed by atoms with Gasteiger partial charge < -0.3 is 9.84 Å². The molecule has 98 valence electrons. The molecule has 0 atom stereocenters. The second kappa shape index (κ2) is 5.76. The quantitative estimate of drug-likeness (QED) is 0.920. The Kier molecular flexibility index (Phi) is 4.07. The van der Waals surface area contributed by atoms with E-state index in [0.717, 1.165) is 5.56 Å². The predicted molar refractivity (Wildman–Crippen MR) is 73.9 cm³/mol. The Morgan fingerprint density at radius 2 is 2.00 bits per heavy atom. The maximum Gasteiger partial charge on any atom is 0.336 e. The highest BCUT2D eigenvalue weighted by molar-refractivity contribution is 6.32. The van der Waals surface area contributed by atoms with Crippen molar-refractivity contribution in [3.8, 4) is 5.75 Å². The molecule has 0 saturated heterocycles. The lowest BCUT2D eigenvalue weighted by atomic mass is 10.1. The zero-order chi connectivity index (χ0) is 13.8. The summed E-state index contributed by atoms with van der Waals surface area (Å²) >= 11 is 5.98. The minimum absolute atomic E-state index is 0.172. The van der Waals surface area contributed by atoms with Gasteiger partial charge in [-0.2, -0.15) is 0 Å². The van der Waals surface area contributed by atoms with Gasteiger partial charge in [-0.25, -0.2) is 4.79 Å². The van der Waals surface area contributed by atoms with E-state index in [2.05, 4.69) is 0 Å². The van der Waals surface area contributed by atoms with Crippen LogP contribution in [0.3, 0.4) is 0 Å². The molecule has 3 nitrogen and oxygen atoms in total. The number of ether oxygens (including phenoxy) is 1. The standard InChI is InChI=1S/C15H13ClO3/c1-10-6-7-11(12(8-10)15(17)18)9-19-14-5-3-2-4-13(14)16/h2-8H,9H2,1H3,(H,17,18). The van der Waals surface area contributed by atoms with Crippen LogP contribution in [0.5, 0.6) is 5.75 Å². The molecule has 0 bridgehead atoms. The summed E-state index contributed by atoms with van der Waals surface area (Å²) in [6.07, 6.45) is 0. The van der Waals surface area contributed by atoms with E-state index in [1.165, 1.54) is 0 Å². The Balaban J connectivity index is 2.20. The average molecular weight is 277 g/mol. The van der Waals surface area contributed by atoms with Gasteiger partial charge in [0.05, 0.1) is 10.6 Å². The highest BCUT2D eigenvalue weighted by Crippen LogP contribution is 2.24. The van der Waals surface area contributed by atoms with Gasteiger partial charge in [0, 0.05) is 5.56 Å². The first-order valence-corrected chi connectivity index (χ1v) is 6.16. The molecule has 2 rings (SSSR count). The van der Waals surface area contributed by atoms with Gasteiger partial charge in [-0.3, -0.25) is 0 Å². The van der Waals surface area contributed by atoms with Gasteiger partial charge in [-0.1, -0.05) is 41.4 Å². The van der Waals surface area contributed by atoms with Gasteiger partial charge in [-0.05, 0) is 25.1 Å². The fraction of sp³-hybridized carbons (Fsp3) is 0.133. The number of benzene rings is 2. The number of carbonyl (C=O) groups is 1. The summed E-state index contributed by atoms with van der Waals surface area (Å²) in [6, 6.07) is 12.3. The Morgan fingerprint density at radius 3 is 2.68 bits per heavy atom. The number of aryl methyl sites for hydroxylation is 1. The van der Waals surface area contributed by atoms with E-state index in [1.54, 1.807) is 24.3 Å². The molecule has 2 aromatic rings. The van der Waals surface area contributed by atoms with Crippen molar-refractivity contribution in [2.24, 2.45) is 0 Å². The fourth-order valence-corrected chi connectivity index (χ4v) is 1.92. The third-order valence-electron chi connectivity index (χ3n) is 2.72. The third-order valence-corrected chi connectivity index (χ3v) is 3.03. The molecule has 4 heteroatoms. The SMILES string of the molecule is Cc1ccc(COc2ccccc2Cl)c(C(=O)O)c1. The van der Waals surface area contributed by atoms with E-state index in [4.69, 9.17) is 21.4 Å². The van der Waals surface area contributed by atoms with Crippen LogP contribution in [0.1, 0.15) is 21.5 Å². The minimum Gasteiger partial charge on any atom is -0.487 e. The number of carboxylic acids is 1. The Bertz CT molecular complexity index is 608. The van der Waals surface area contributed by atoms with Crippen molar-refractivity contribution in [3.05, 3.63) is 64.2 Å². The van der Waals surface area contributed by atoms with Crippen molar-refractivity contribution < 1.29 is 14.6 Å². The van der Waals surface area contributed by atoms with Crippen molar-refractivity contribution in [1.29, 1.82) is 0 Å². The number of para-hydroxylation sites is 1. The first-order valence-electron chi connectivity index (χ1n) is 5.78. The lowest BCUT2D eigenvalue weighted by molar-refractivity contribution is 0.0694. The first kappa shape index (κ1) is 13.4. The van der Waals surface area contributed by atoms with Crippen LogP contribution in [0.25, 0.3) is 0 Å². The van der Waals surface area contributed by atoms with E-state index < -0.39 is 5.97 Å². The van der Waals surface area contributed by atoms with Crippen LogP contribution in [-0.2, 0) is 6.61 Å². The van der Waals surface area contributed by atoms with Crippen LogP contribution < -0.4 is 4.74 Å². The number of halogens is 1. The second-order valence-corrected chi connectivity index (χ2v) is 4.59. The molecule has 1 N–H and O–H groups in total. The number of aromatic carboxylic acids is 1. The summed E-state index contributed by atoms with van der Waals surface area (Å²) in [5, 5.41) is 9.67. The lowest BCUT2D eigenvalue weighted by Gasteiger charge is -2.10. The average Bonchev–Trinajstić information content (AvgIpc) is 2.38. The van der Waals surface area contributed by atoms with Crippen LogP contribution in [0.4, 0.5) is 0 Å². The first-order chi connectivity index (χ1) is 9.08. The van der Waals surface area contributed by atoms with Crippen molar-refractivity contribution >= 4 is 17.6 Å². The highest BCUT2D eigenvalue weighted by atomic mass is 35.5. The van der Waals surface area contributed by atoms with E-state index in [-0.39, 0.29) is 12.2 Å². The van der Waals surface area contributed by atoms with E-state index in [9.17, 15) is 4.79 Å². The molecule has 0 radical (unpaired) electrons. The second-order valence-electron chi connectivity index (χ2n) is 4.18. The maximum atomic E-state index is 11.2. The molecule has 0 aliphatic heterocycles. The number of hydrogen-bond acceptors (Lipinski definition) is 2. The zero-order valence-corrected chi connectivity index (χ0v) is 11.1. The van der Waals surface area contributed by atoms with Crippen LogP contribution in [-0.4, -0.2) is 11.1 Å². The summed E-state index contributed by atoms with van der Waals surface area (Å²) in [7, 11) is 0. The van der Waals surface area contributed by atoms with Crippen LogP contribution in [0.15, 0.2) is 42.5 Å². The van der Waals surface area contributed by atoms with Crippen molar-refractivity contribution in [1.82, 2.24) is 0 Å². The van der Waals surface area contributed by atoms with E-state index in [1.807, 2.05) is 25.1 Å². The highest BCUT2D eigenvalue weighted by Gasteiger charge is 2.11. The molecule has 0 fully saturated rings. The summed E-state index contributed by atoms with van der Waals surface area (Å²) in [5.41, 5.74) is 1.78. The summed E-state index contributed by atoms with van der Waals surface area (Å²) < 4.78 is 5.56. The smallest absolute Gasteiger partial charge is 0.336 e. The fourth-order valence-electron chi connectivity index (χ4n) is 1.73. The third kappa shape index (κ3) is 3.26. The molecule has 0 heterocycles. The van der Waals surface area contributed by atoms with Gasteiger partial charge in [0.15, 0.2) is 0 Å². The van der Waals surface area contributed by atoms with Gasteiger partial charge in [0.2, 0.25) is 0 Å². The molecule has 0 unspecified atom stereocenters. The van der Waals surface area contributed by atoms with Gasteiger partial charge in [0.1, 0.15) is 12.4 Å². The van der Waals surface area contributed by atoms with E-state index >= 15 is 0 Å². The molecule has 0 aliphatic carbocycles. The minimum atomic E-state index is -0.957. The summed E-state index contributed by atoms with van der Waals surface area (Å²) in [5.74, 6) is -0.414. The molecule has 0 amide bonds. The normalized spacial score (nSPS) is 10.2. The van der Waals surface area contributed by atoms with Crippen molar-refractivity contribution in [2.45, 2.75) is 13.5 Å². The molecule has 0 saturated carbocycles. The monoisotopic (exact) mass is 276 g/mol. The van der Waals surface area contributed by atoms with E-state index in [0.29, 0.717) is 16.3 Å². The molecule has 19 heavy (non-hydrogen) atoms. The topological polar surface area (TPSA) is 46.5 Å². The maximum absolute atomic E-state index is 11.2. The zero-order valence-electron chi connectivity index (χ0n) is 10.4. The Hall–Kier alpha value is -2.00. The molecular weight excluding hydrogens is 264 g/mol.